The Bertz CT molecular complexity index is 256. The molecular weight excluding hydrogens is 142 g/mol. The fraction of sp³-hybridized carbons (Fsp3) is 0.286. The first kappa shape index (κ1) is 6.27. The van der Waals surface area contributed by atoms with Crippen molar-refractivity contribution in [3.05, 3.63) is 24.2 Å². The van der Waals surface area contributed by atoms with Gasteiger partial charge in [0.05, 0.1) is 0 Å². The van der Waals surface area contributed by atoms with Gasteiger partial charge < -0.3 is 10.6 Å². The predicted molar refractivity (Wildman–Crippen MR) is 40.2 cm³/mol. The van der Waals surface area contributed by atoms with Gasteiger partial charge in [0.25, 0.3) is 0 Å². The summed E-state index contributed by atoms with van der Waals surface area (Å²) in [7, 11) is 0. The molecule has 58 valence electrons. The molecule has 2 aliphatic rings. The summed E-state index contributed by atoms with van der Waals surface area (Å²) in [5.74, 6) is 0. The third-order valence-corrected chi connectivity index (χ3v) is 1.86. The molecule has 0 bridgehead atoms. The molecule has 2 rings (SSSR count). The second kappa shape index (κ2) is 2.02. The van der Waals surface area contributed by atoms with E-state index >= 15 is 0 Å². The van der Waals surface area contributed by atoms with E-state index in [1.165, 1.54) is 0 Å². The van der Waals surface area contributed by atoms with E-state index in [4.69, 9.17) is 0 Å². The van der Waals surface area contributed by atoms with Crippen molar-refractivity contribution in [3.63, 3.8) is 0 Å². The first-order valence-corrected chi connectivity index (χ1v) is 3.47. The average Bonchev–Trinajstić information content (AvgIpc) is 2.45. The summed E-state index contributed by atoms with van der Waals surface area (Å²) in [6, 6.07) is -0.0816. The van der Waals surface area contributed by atoms with Gasteiger partial charge in [-0.05, 0) is 12.5 Å². The summed E-state index contributed by atoms with van der Waals surface area (Å²) in [6.07, 6.45) is 5.26. The van der Waals surface area contributed by atoms with Gasteiger partial charge in [-0.25, -0.2) is 4.79 Å². The highest BCUT2D eigenvalue weighted by atomic mass is 16.2. The number of nitrogens with one attached hydrogen (secondary N) is 2. The molecule has 0 spiro atoms. The lowest BCUT2D eigenvalue weighted by Crippen LogP contribution is -2.47. The largest absolute Gasteiger partial charge is 0.366 e. The number of rotatable bonds is 0. The molecule has 0 aliphatic carbocycles. The van der Waals surface area contributed by atoms with Crippen molar-refractivity contribution in [1.29, 1.82) is 0 Å². The smallest absolute Gasteiger partial charge is 0.327 e. The number of carbonyl (C=O) groups excluding carboxylic acids is 1. The fourth-order valence-corrected chi connectivity index (χ4v) is 1.25. The maximum atomic E-state index is 11.1. The summed E-state index contributed by atoms with van der Waals surface area (Å²) in [6.45, 7) is 1.97. The molecule has 0 fully saturated rings. The first-order chi connectivity index (χ1) is 5.29. The zero-order valence-corrected chi connectivity index (χ0v) is 6.16. The van der Waals surface area contributed by atoms with Crippen LogP contribution >= 0.6 is 0 Å². The van der Waals surface area contributed by atoms with Gasteiger partial charge in [0, 0.05) is 18.6 Å². The molecule has 2 heterocycles. The van der Waals surface area contributed by atoms with Gasteiger partial charge in [0.15, 0.2) is 0 Å². The Morgan fingerprint density at radius 3 is 3.18 bits per heavy atom. The van der Waals surface area contributed by atoms with Crippen LogP contribution in [0.25, 0.3) is 0 Å². The van der Waals surface area contributed by atoms with E-state index in [1.54, 1.807) is 23.5 Å². The lowest BCUT2D eigenvalue weighted by Gasteiger charge is -2.28. The van der Waals surface area contributed by atoms with Crippen LogP contribution in [0, 0.1) is 0 Å². The van der Waals surface area contributed by atoms with Crippen molar-refractivity contribution in [2.75, 3.05) is 0 Å². The molecule has 11 heavy (non-hydrogen) atoms. The molecule has 1 unspecified atom stereocenters. The normalized spacial score (nSPS) is 27.4. The average molecular weight is 151 g/mol. The number of nitrogens with zero attached hydrogens (tertiary/aromatic N) is 1. The van der Waals surface area contributed by atoms with Gasteiger partial charge in [0.2, 0.25) is 0 Å². The number of hydrogen-bond acceptors (Lipinski definition) is 2. The maximum Gasteiger partial charge on any atom is 0.327 e. The Morgan fingerprint density at radius 1 is 1.64 bits per heavy atom. The van der Waals surface area contributed by atoms with Crippen molar-refractivity contribution < 1.29 is 4.79 Å². The topological polar surface area (TPSA) is 44.4 Å². The number of fused-ring (bicyclic) bond motifs is 1. The zero-order valence-electron chi connectivity index (χ0n) is 6.16. The van der Waals surface area contributed by atoms with E-state index < -0.39 is 0 Å². The molecular formula is C7H9N3O. The van der Waals surface area contributed by atoms with Crippen LogP contribution in [-0.2, 0) is 0 Å². The van der Waals surface area contributed by atoms with Crippen LogP contribution in [0.15, 0.2) is 24.2 Å². The van der Waals surface area contributed by atoms with Crippen LogP contribution in [0.4, 0.5) is 4.79 Å². The Morgan fingerprint density at radius 2 is 2.45 bits per heavy atom. The van der Waals surface area contributed by atoms with Crippen molar-refractivity contribution in [2.45, 2.75) is 13.1 Å². The monoisotopic (exact) mass is 151 g/mol. The predicted octanol–water partition coefficient (Wildman–Crippen LogP) is 0.316. The lowest BCUT2D eigenvalue weighted by molar-refractivity contribution is 0.206. The molecule has 2 amide bonds. The number of urea groups is 1. The number of carbonyl (C=O) groups is 1. The molecule has 4 heteroatoms. The Kier molecular flexibility index (Phi) is 1.15. The SMILES string of the molecule is CC1=CNC(=O)N2C=CNC12. The summed E-state index contributed by atoms with van der Waals surface area (Å²) in [5, 5.41) is 5.69. The second-order valence-corrected chi connectivity index (χ2v) is 2.63. The van der Waals surface area contributed by atoms with E-state index in [9.17, 15) is 4.79 Å². The van der Waals surface area contributed by atoms with Crippen LogP contribution in [0.3, 0.4) is 0 Å². The standard InChI is InChI=1S/C7H9N3O/c1-5-4-9-7(11)10-3-2-8-6(5)10/h2-4,6,8H,1H3,(H,9,11). The first-order valence-electron chi connectivity index (χ1n) is 3.47. The fourth-order valence-electron chi connectivity index (χ4n) is 1.25. The van der Waals surface area contributed by atoms with Crippen molar-refractivity contribution in [2.24, 2.45) is 0 Å². The van der Waals surface area contributed by atoms with Crippen LogP contribution in [0.2, 0.25) is 0 Å². The van der Waals surface area contributed by atoms with E-state index in [-0.39, 0.29) is 12.2 Å². The van der Waals surface area contributed by atoms with E-state index in [1.807, 2.05) is 6.92 Å². The molecule has 1 atom stereocenters. The Hall–Kier alpha value is -1.45. The highest BCUT2D eigenvalue weighted by Gasteiger charge is 2.28. The molecule has 2 N–H and O–H groups in total. The second-order valence-electron chi connectivity index (χ2n) is 2.63. The Balaban J connectivity index is 2.32. The molecule has 0 aromatic heterocycles. The third-order valence-electron chi connectivity index (χ3n) is 1.86. The minimum Gasteiger partial charge on any atom is -0.366 e. The van der Waals surface area contributed by atoms with E-state index in [2.05, 4.69) is 10.6 Å². The molecule has 0 aromatic rings. The quantitative estimate of drug-likeness (QED) is 0.523. The van der Waals surface area contributed by atoms with Crippen LogP contribution in [-0.4, -0.2) is 17.1 Å². The van der Waals surface area contributed by atoms with Gasteiger partial charge in [-0.2, -0.15) is 0 Å². The van der Waals surface area contributed by atoms with Crippen LogP contribution in [0.1, 0.15) is 6.92 Å². The molecule has 0 radical (unpaired) electrons. The van der Waals surface area contributed by atoms with Crippen molar-refractivity contribution >= 4 is 6.03 Å². The van der Waals surface area contributed by atoms with Gasteiger partial charge in [-0.3, -0.25) is 4.90 Å². The van der Waals surface area contributed by atoms with Gasteiger partial charge >= 0.3 is 6.03 Å². The number of hydrogen-bond donors (Lipinski definition) is 2. The van der Waals surface area contributed by atoms with Gasteiger partial charge in [0.1, 0.15) is 6.17 Å². The maximum absolute atomic E-state index is 11.1. The van der Waals surface area contributed by atoms with Crippen LogP contribution in [0.5, 0.6) is 0 Å². The van der Waals surface area contributed by atoms with E-state index in [0.717, 1.165) is 5.57 Å². The van der Waals surface area contributed by atoms with Crippen LogP contribution < -0.4 is 10.6 Å². The van der Waals surface area contributed by atoms with Crippen molar-refractivity contribution in [1.82, 2.24) is 15.5 Å². The van der Waals surface area contributed by atoms with Crippen molar-refractivity contribution in [3.8, 4) is 0 Å². The number of amides is 2. The molecule has 2 aliphatic heterocycles. The minimum atomic E-state index is -0.0816. The minimum absolute atomic E-state index is 0.0312. The highest BCUT2D eigenvalue weighted by molar-refractivity contribution is 5.79. The molecule has 0 aromatic carbocycles. The lowest BCUT2D eigenvalue weighted by atomic mass is 10.2. The molecule has 0 saturated carbocycles. The summed E-state index contributed by atoms with van der Waals surface area (Å²) < 4.78 is 0. The summed E-state index contributed by atoms with van der Waals surface area (Å²) in [5.41, 5.74) is 1.11. The zero-order chi connectivity index (χ0) is 7.84. The van der Waals surface area contributed by atoms with E-state index in [0.29, 0.717) is 0 Å². The highest BCUT2D eigenvalue weighted by Crippen LogP contribution is 2.15. The summed E-state index contributed by atoms with van der Waals surface area (Å²) in [4.78, 5) is 12.7. The third kappa shape index (κ3) is 0.790. The Labute approximate surface area is 64.6 Å². The van der Waals surface area contributed by atoms with Gasteiger partial charge in [-0.1, -0.05) is 0 Å². The molecule has 0 saturated heterocycles. The molecule has 4 nitrogen and oxygen atoms in total. The summed E-state index contributed by atoms with van der Waals surface area (Å²) >= 11 is 0. The van der Waals surface area contributed by atoms with Gasteiger partial charge in [-0.15, -0.1) is 0 Å².